The maximum Gasteiger partial charge on any atom is 0.317 e. The van der Waals surface area contributed by atoms with Crippen LogP contribution in [0.1, 0.15) is 45.9 Å². The van der Waals surface area contributed by atoms with E-state index in [1.54, 1.807) is 7.11 Å². The number of piperazine rings is 1. The number of carbonyl (C=O) groups is 1. The number of hydrogen-bond acceptors (Lipinski definition) is 4. The van der Waals surface area contributed by atoms with Crippen LogP contribution in [-0.4, -0.2) is 65.7 Å². The number of nitrogens with zero attached hydrogens (tertiary/aromatic N) is 3. The highest BCUT2D eigenvalue weighted by molar-refractivity contribution is 5.74. The van der Waals surface area contributed by atoms with E-state index in [0.717, 1.165) is 38.3 Å². The Bertz CT molecular complexity index is 542. The number of amides is 2. The van der Waals surface area contributed by atoms with Gasteiger partial charge in [0.05, 0.1) is 11.3 Å². The number of methoxy groups -OCH3 is 1. The van der Waals surface area contributed by atoms with E-state index < -0.39 is 0 Å². The van der Waals surface area contributed by atoms with Crippen molar-refractivity contribution in [2.75, 3.05) is 33.3 Å². The molecule has 2 amide bonds. The summed E-state index contributed by atoms with van der Waals surface area (Å²) >= 11 is 0. The van der Waals surface area contributed by atoms with Crippen molar-refractivity contribution in [2.45, 2.75) is 51.8 Å². The van der Waals surface area contributed by atoms with E-state index in [2.05, 4.69) is 28.2 Å². The van der Waals surface area contributed by atoms with E-state index in [1.165, 1.54) is 0 Å². The molecule has 140 valence electrons. The second-order valence-electron chi connectivity index (χ2n) is 7.47. The van der Waals surface area contributed by atoms with Gasteiger partial charge < -0.3 is 15.0 Å². The minimum atomic E-state index is -0.233. The topological polar surface area (TPSA) is 57.7 Å². The first-order valence-electron chi connectivity index (χ1n) is 9.08. The first kappa shape index (κ1) is 19.7. The van der Waals surface area contributed by atoms with Crippen LogP contribution in [0.25, 0.3) is 0 Å². The van der Waals surface area contributed by atoms with Crippen molar-refractivity contribution < 1.29 is 9.53 Å². The molecule has 6 nitrogen and oxygen atoms in total. The number of rotatable bonds is 6. The smallest absolute Gasteiger partial charge is 0.317 e. The highest BCUT2D eigenvalue weighted by atomic mass is 16.5. The molecule has 1 N–H and O–H groups in total. The van der Waals surface area contributed by atoms with Gasteiger partial charge in [-0.25, -0.2) is 4.79 Å². The molecule has 1 fully saturated rings. The zero-order chi connectivity index (χ0) is 18.4. The predicted molar refractivity (Wildman–Crippen MR) is 99.5 cm³/mol. The number of nitrogens with one attached hydrogen (secondary N) is 1. The number of aromatic nitrogens is 1. The van der Waals surface area contributed by atoms with E-state index >= 15 is 0 Å². The van der Waals surface area contributed by atoms with Crippen molar-refractivity contribution in [2.24, 2.45) is 0 Å². The van der Waals surface area contributed by atoms with E-state index in [1.807, 2.05) is 44.0 Å². The Morgan fingerprint density at radius 2 is 1.96 bits per heavy atom. The zero-order valence-corrected chi connectivity index (χ0v) is 16.2. The molecule has 0 aromatic carbocycles. The lowest BCUT2D eigenvalue weighted by Gasteiger charge is -2.38. The number of pyridine rings is 1. The molecule has 1 aromatic rings. The molecule has 2 rings (SSSR count). The third-order valence-corrected chi connectivity index (χ3v) is 4.99. The van der Waals surface area contributed by atoms with Gasteiger partial charge in [-0.1, -0.05) is 6.07 Å². The lowest BCUT2D eigenvalue weighted by Crippen LogP contribution is -2.54. The zero-order valence-electron chi connectivity index (χ0n) is 16.2. The predicted octanol–water partition coefficient (Wildman–Crippen LogP) is 2.67. The summed E-state index contributed by atoms with van der Waals surface area (Å²) in [6, 6.07) is 6.38. The van der Waals surface area contributed by atoms with Crippen LogP contribution in [-0.2, 0) is 4.74 Å². The van der Waals surface area contributed by atoms with Gasteiger partial charge in [-0.3, -0.25) is 9.88 Å². The Hall–Kier alpha value is -1.66. The van der Waals surface area contributed by atoms with Gasteiger partial charge in [0.25, 0.3) is 0 Å². The quantitative estimate of drug-likeness (QED) is 0.859. The van der Waals surface area contributed by atoms with Crippen molar-refractivity contribution in [3.8, 4) is 0 Å². The monoisotopic (exact) mass is 348 g/mol. The van der Waals surface area contributed by atoms with Crippen molar-refractivity contribution in [3.63, 3.8) is 0 Å². The molecule has 1 aromatic heterocycles. The maximum absolute atomic E-state index is 12.5. The molecule has 1 aliphatic rings. The molecule has 0 aliphatic carbocycles. The summed E-state index contributed by atoms with van der Waals surface area (Å²) in [5.74, 6) is 0. The van der Waals surface area contributed by atoms with Gasteiger partial charge in [0, 0.05) is 51.6 Å². The van der Waals surface area contributed by atoms with Gasteiger partial charge >= 0.3 is 6.03 Å². The Balaban J connectivity index is 1.80. The number of ether oxygens (including phenoxy) is 1. The largest absolute Gasteiger partial charge is 0.379 e. The molecule has 0 bridgehead atoms. The summed E-state index contributed by atoms with van der Waals surface area (Å²) < 4.78 is 5.44. The summed E-state index contributed by atoms with van der Waals surface area (Å²) in [5, 5.41) is 3.09. The van der Waals surface area contributed by atoms with Crippen molar-refractivity contribution in [3.05, 3.63) is 30.1 Å². The molecule has 2 unspecified atom stereocenters. The Morgan fingerprint density at radius 3 is 2.52 bits per heavy atom. The summed E-state index contributed by atoms with van der Waals surface area (Å²) in [6.45, 7) is 11.5. The van der Waals surface area contributed by atoms with Crippen LogP contribution in [0.3, 0.4) is 0 Å². The normalized spacial score (nSPS) is 18.7. The average molecular weight is 348 g/mol. The van der Waals surface area contributed by atoms with E-state index in [9.17, 15) is 4.79 Å². The number of carbonyl (C=O) groups excluding carboxylic acids is 1. The van der Waals surface area contributed by atoms with Gasteiger partial charge in [-0.2, -0.15) is 0 Å². The molecule has 6 heteroatoms. The second kappa shape index (κ2) is 8.63. The summed E-state index contributed by atoms with van der Waals surface area (Å²) in [6.07, 6.45) is 2.62. The molecule has 0 radical (unpaired) electrons. The average Bonchev–Trinajstić information content (AvgIpc) is 2.61. The summed E-state index contributed by atoms with van der Waals surface area (Å²) in [7, 11) is 1.70. The van der Waals surface area contributed by atoms with Crippen LogP contribution in [0.2, 0.25) is 0 Å². The summed E-state index contributed by atoms with van der Waals surface area (Å²) in [4.78, 5) is 21.2. The van der Waals surface area contributed by atoms with Crippen LogP contribution in [0.5, 0.6) is 0 Å². The Morgan fingerprint density at radius 1 is 1.28 bits per heavy atom. The van der Waals surface area contributed by atoms with Crippen LogP contribution in [0.4, 0.5) is 4.79 Å². The summed E-state index contributed by atoms with van der Waals surface area (Å²) in [5.41, 5.74) is 0.847. The number of hydrogen-bond donors (Lipinski definition) is 1. The first-order chi connectivity index (χ1) is 11.8. The second-order valence-corrected chi connectivity index (χ2v) is 7.47. The molecule has 25 heavy (non-hydrogen) atoms. The van der Waals surface area contributed by atoms with Gasteiger partial charge in [-0.15, -0.1) is 0 Å². The van der Waals surface area contributed by atoms with Crippen LogP contribution in [0.15, 0.2) is 24.4 Å². The standard InChI is InChI=1S/C19H32N4O2/c1-15(14-19(3,4)25-5)21-18(24)23-12-10-22(11-13-23)16(2)17-8-6-7-9-20-17/h6-9,15-16H,10-14H2,1-5H3,(H,21,24). The Labute approximate surface area is 151 Å². The Kier molecular flexibility index (Phi) is 6.79. The molecule has 0 saturated carbocycles. The van der Waals surface area contributed by atoms with Crippen LogP contribution >= 0.6 is 0 Å². The van der Waals surface area contributed by atoms with Crippen molar-refractivity contribution in [1.82, 2.24) is 20.1 Å². The van der Waals surface area contributed by atoms with Gasteiger partial charge in [0.15, 0.2) is 0 Å². The highest BCUT2D eigenvalue weighted by Crippen LogP contribution is 2.20. The minimum absolute atomic E-state index is 0.0181. The lowest BCUT2D eigenvalue weighted by molar-refractivity contribution is 0.00890. The van der Waals surface area contributed by atoms with E-state index in [4.69, 9.17) is 4.74 Å². The molecule has 0 spiro atoms. The fourth-order valence-electron chi connectivity index (χ4n) is 3.30. The molecule has 2 atom stereocenters. The van der Waals surface area contributed by atoms with Crippen molar-refractivity contribution >= 4 is 6.03 Å². The van der Waals surface area contributed by atoms with Gasteiger partial charge in [0.2, 0.25) is 0 Å². The molecule has 1 aliphatic heterocycles. The molecular formula is C19H32N4O2. The highest BCUT2D eigenvalue weighted by Gasteiger charge is 2.27. The molecule has 1 saturated heterocycles. The lowest BCUT2D eigenvalue weighted by atomic mass is 10.00. The maximum atomic E-state index is 12.5. The molecular weight excluding hydrogens is 316 g/mol. The minimum Gasteiger partial charge on any atom is -0.379 e. The van der Waals surface area contributed by atoms with E-state index in [-0.39, 0.29) is 23.7 Å². The fraction of sp³-hybridized carbons (Fsp3) is 0.684. The first-order valence-corrected chi connectivity index (χ1v) is 9.08. The number of urea groups is 1. The molecule has 2 heterocycles. The third-order valence-electron chi connectivity index (χ3n) is 4.99. The van der Waals surface area contributed by atoms with Crippen molar-refractivity contribution in [1.29, 1.82) is 0 Å². The van der Waals surface area contributed by atoms with Crippen LogP contribution in [0, 0.1) is 0 Å². The third kappa shape index (κ3) is 5.68. The van der Waals surface area contributed by atoms with Gasteiger partial charge in [0.1, 0.15) is 0 Å². The van der Waals surface area contributed by atoms with Crippen LogP contribution < -0.4 is 5.32 Å². The van der Waals surface area contributed by atoms with Gasteiger partial charge in [-0.05, 0) is 46.2 Å². The fourth-order valence-corrected chi connectivity index (χ4v) is 3.30. The SMILES string of the molecule is COC(C)(C)CC(C)NC(=O)N1CCN(C(C)c2ccccn2)CC1. The van der Waals surface area contributed by atoms with E-state index in [0.29, 0.717) is 0 Å².